The molecule has 0 bridgehead atoms. The standard InChI is InChI=1S/C11H13N2.3ClH.Zr/c1-11(2,3)9-6-4-5-8-7-12-13-10(8)9;;;;/h4-6H,1-3H3,(H,12,13);3*1H;/q;;;;+3/p-3. The van der Waals surface area contributed by atoms with Gasteiger partial charge in [-0.3, -0.25) is 0 Å². The molecule has 0 amide bonds. The van der Waals surface area contributed by atoms with Gasteiger partial charge in [-0.25, -0.2) is 0 Å². The second-order valence-electron chi connectivity index (χ2n) is 4.55. The van der Waals surface area contributed by atoms with Crippen LogP contribution in [0.1, 0.15) is 26.3 Å². The zero-order valence-electron chi connectivity index (χ0n) is 9.81. The van der Waals surface area contributed by atoms with Gasteiger partial charge in [-0.1, -0.05) is 0 Å². The number of aromatic nitrogens is 2. The monoisotopic (exact) mass is 368 g/mol. The first-order chi connectivity index (χ1) is 6.50. The third-order valence-corrected chi connectivity index (χ3v) is 3.34. The van der Waals surface area contributed by atoms with Gasteiger partial charge in [0.15, 0.2) is 0 Å². The smallest absolute Gasteiger partial charge is 1.00 e. The Balaban J connectivity index is 0. The molecular formula is C11H13Cl3N2Zr. The molecule has 1 N–H and O–H groups in total. The van der Waals surface area contributed by atoms with Crippen LogP contribution in [0.25, 0.3) is 10.9 Å². The van der Waals surface area contributed by atoms with Crippen LogP contribution in [0, 0.1) is 0 Å². The van der Waals surface area contributed by atoms with Crippen molar-refractivity contribution in [2.24, 2.45) is 0 Å². The quantitative estimate of drug-likeness (QED) is 0.491. The molecular weight excluding hydrogens is 358 g/mol. The first kappa shape index (κ1) is 19.8. The van der Waals surface area contributed by atoms with E-state index in [0.717, 1.165) is 0 Å². The molecule has 0 atom stereocenters. The Labute approximate surface area is 135 Å². The van der Waals surface area contributed by atoms with E-state index in [0.29, 0.717) is 0 Å². The topological polar surface area (TPSA) is 28.7 Å². The Hall–Kier alpha value is 0.443. The van der Waals surface area contributed by atoms with Gasteiger partial charge < -0.3 is 37.2 Å². The van der Waals surface area contributed by atoms with Gasteiger partial charge in [0.25, 0.3) is 0 Å². The van der Waals surface area contributed by atoms with Crippen LogP contribution in [-0.4, -0.2) is 10.2 Å². The Morgan fingerprint density at radius 3 is 2.24 bits per heavy atom. The fraction of sp³-hybridized carbons (Fsp3) is 0.364. The van der Waals surface area contributed by atoms with Gasteiger partial charge in [0, 0.05) is 0 Å². The minimum atomic E-state index is 0. The molecule has 2 aromatic rings. The second kappa shape index (κ2) is 7.14. The maximum Gasteiger partial charge on any atom is -1.00 e. The van der Waals surface area contributed by atoms with Crippen molar-refractivity contribution in [1.82, 2.24) is 10.2 Å². The van der Waals surface area contributed by atoms with Crippen molar-refractivity contribution in [2.75, 3.05) is 0 Å². The van der Waals surface area contributed by atoms with E-state index in [4.69, 9.17) is 0 Å². The fourth-order valence-corrected chi connectivity index (χ4v) is 2.32. The molecule has 2 rings (SSSR count). The average Bonchev–Trinajstić information content (AvgIpc) is 2.46. The van der Waals surface area contributed by atoms with Crippen molar-refractivity contribution < 1.29 is 61.9 Å². The summed E-state index contributed by atoms with van der Waals surface area (Å²) in [7, 11) is 0. The third kappa shape index (κ3) is 3.96. The molecule has 0 radical (unpaired) electrons. The molecule has 1 aromatic heterocycles. The second-order valence-corrected chi connectivity index (χ2v) is 5.71. The Morgan fingerprint density at radius 1 is 1.12 bits per heavy atom. The predicted molar refractivity (Wildman–Crippen MR) is 54.4 cm³/mol. The first-order valence-electron chi connectivity index (χ1n) is 4.69. The maximum absolute atomic E-state index is 4.28. The van der Waals surface area contributed by atoms with Crippen molar-refractivity contribution in [3.8, 4) is 0 Å². The number of aromatic amines is 1. The maximum atomic E-state index is 4.28. The molecule has 2 nitrogen and oxygen atoms in total. The number of hydrogen-bond donors (Lipinski definition) is 1. The number of benzene rings is 1. The van der Waals surface area contributed by atoms with Crippen LogP contribution < -0.4 is 40.6 Å². The summed E-state index contributed by atoms with van der Waals surface area (Å²) in [6.45, 7) is 6.68. The van der Waals surface area contributed by atoms with Crippen molar-refractivity contribution in [3.05, 3.63) is 23.8 Å². The SMILES string of the molecule is CC(C)(C)c1cccc2[c]([Zr+3])n[nH]c12.[Cl-].[Cl-].[Cl-]. The minimum absolute atomic E-state index is 0. The average molecular weight is 371 g/mol. The molecule has 6 heteroatoms. The molecule has 0 aliphatic rings. The number of nitrogens with zero attached hydrogens (tertiary/aromatic N) is 1. The summed E-state index contributed by atoms with van der Waals surface area (Å²) in [5, 5.41) is 8.69. The number of hydrogen-bond acceptors (Lipinski definition) is 1. The summed E-state index contributed by atoms with van der Waals surface area (Å²) in [5.74, 6) is 0. The van der Waals surface area contributed by atoms with Crippen molar-refractivity contribution >= 4 is 14.3 Å². The van der Waals surface area contributed by atoms with Crippen molar-refractivity contribution in [2.45, 2.75) is 26.2 Å². The van der Waals surface area contributed by atoms with Gasteiger partial charge in [-0.05, 0) is 0 Å². The summed E-state index contributed by atoms with van der Waals surface area (Å²) in [5.41, 5.74) is 2.72. The molecule has 0 saturated heterocycles. The zero-order chi connectivity index (χ0) is 10.3. The first-order valence-corrected chi connectivity index (χ1v) is 5.92. The van der Waals surface area contributed by atoms with Crippen molar-refractivity contribution in [1.29, 1.82) is 0 Å². The molecule has 0 spiro atoms. The number of fused-ring (bicyclic) bond motifs is 1. The Kier molecular flexibility index (Phi) is 8.30. The van der Waals surface area contributed by atoms with Crippen LogP contribution in [0.15, 0.2) is 18.2 Å². The summed E-state index contributed by atoms with van der Waals surface area (Å²) in [6, 6.07) is 6.43. The van der Waals surface area contributed by atoms with E-state index in [1.165, 1.54) is 44.6 Å². The molecule has 0 saturated carbocycles. The summed E-state index contributed by atoms with van der Waals surface area (Å²) >= 11 is 1.36. The largest absolute Gasteiger partial charge is 1.00 e. The van der Waals surface area contributed by atoms with Crippen LogP contribution >= 0.6 is 0 Å². The zero-order valence-corrected chi connectivity index (χ0v) is 14.5. The van der Waals surface area contributed by atoms with Gasteiger partial charge in [0.05, 0.1) is 0 Å². The number of para-hydroxylation sites is 1. The van der Waals surface area contributed by atoms with Crippen LogP contribution in [-0.2, 0) is 30.1 Å². The normalized spacial score (nSPS) is 10.2. The molecule has 0 unspecified atom stereocenters. The van der Waals surface area contributed by atoms with Crippen LogP contribution in [0.3, 0.4) is 0 Å². The number of H-pyrrole nitrogens is 1. The van der Waals surface area contributed by atoms with Crippen LogP contribution in [0.2, 0.25) is 0 Å². The minimum Gasteiger partial charge on any atom is -1.00 e. The van der Waals surface area contributed by atoms with E-state index in [1.807, 2.05) is 0 Å². The van der Waals surface area contributed by atoms with Gasteiger partial charge in [-0.2, -0.15) is 0 Å². The number of nitrogens with one attached hydrogen (secondary N) is 1. The molecule has 1 heterocycles. The van der Waals surface area contributed by atoms with Gasteiger partial charge in [-0.15, -0.1) is 0 Å². The van der Waals surface area contributed by atoms with Gasteiger partial charge in [0.1, 0.15) is 0 Å². The summed E-state index contributed by atoms with van der Waals surface area (Å²) in [6.07, 6.45) is 0. The Bertz CT molecular complexity index is 477. The molecule has 0 aliphatic carbocycles. The van der Waals surface area contributed by atoms with E-state index in [-0.39, 0.29) is 42.6 Å². The number of halogens is 3. The van der Waals surface area contributed by atoms with Gasteiger partial charge in [0.2, 0.25) is 0 Å². The molecule has 0 aliphatic heterocycles. The number of rotatable bonds is 0. The van der Waals surface area contributed by atoms with E-state index in [1.54, 1.807) is 0 Å². The van der Waals surface area contributed by atoms with E-state index in [9.17, 15) is 0 Å². The Morgan fingerprint density at radius 2 is 1.71 bits per heavy atom. The summed E-state index contributed by atoms with van der Waals surface area (Å²) < 4.78 is 1.17. The van der Waals surface area contributed by atoms with Crippen molar-refractivity contribution in [3.63, 3.8) is 0 Å². The molecule has 17 heavy (non-hydrogen) atoms. The van der Waals surface area contributed by atoms with E-state index < -0.39 is 0 Å². The van der Waals surface area contributed by atoms with E-state index >= 15 is 0 Å². The summed E-state index contributed by atoms with van der Waals surface area (Å²) in [4.78, 5) is 0. The fourth-order valence-electron chi connectivity index (χ4n) is 1.67. The van der Waals surface area contributed by atoms with Crippen LogP contribution in [0.5, 0.6) is 0 Å². The van der Waals surface area contributed by atoms with Crippen LogP contribution in [0.4, 0.5) is 0 Å². The van der Waals surface area contributed by atoms with Gasteiger partial charge >= 0.3 is 99.2 Å². The molecule has 92 valence electrons. The third-order valence-electron chi connectivity index (χ3n) is 2.41. The predicted octanol–water partition coefficient (Wildman–Crippen LogP) is -6.96. The molecule has 0 fully saturated rings. The van der Waals surface area contributed by atoms with E-state index in [2.05, 4.69) is 49.2 Å². The molecule has 1 aromatic carbocycles.